The van der Waals surface area contributed by atoms with Crippen molar-refractivity contribution in [3.8, 4) is 0 Å². The lowest BCUT2D eigenvalue weighted by atomic mass is 9.95. The molecule has 0 radical (unpaired) electrons. The van der Waals surface area contributed by atoms with Gasteiger partial charge in [-0.3, -0.25) is 14.4 Å². The number of thioether (sulfide) groups is 1. The number of rotatable bonds is 5. The third-order valence-corrected chi connectivity index (χ3v) is 5.94. The van der Waals surface area contributed by atoms with Crippen molar-refractivity contribution in [1.29, 1.82) is 0 Å². The predicted octanol–water partition coefficient (Wildman–Crippen LogP) is 2.89. The average molecular weight is 378 g/mol. The maximum Gasteiger partial charge on any atom is 0.240 e. The van der Waals surface area contributed by atoms with E-state index in [2.05, 4.69) is 5.32 Å². The van der Waals surface area contributed by atoms with Crippen LogP contribution in [0.4, 0.5) is 10.1 Å². The molecule has 26 heavy (non-hydrogen) atoms. The van der Waals surface area contributed by atoms with Gasteiger partial charge < -0.3 is 10.2 Å². The van der Waals surface area contributed by atoms with Crippen LogP contribution in [0, 0.1) is 11.7 Å². The van der Waals surface area contributed by atoms with Crippen LogP contribution in [0.3, 0.4) is 0 Å². The van der Waals surface area contributed by atoms with Gasteiger partial charge in [0, 0.05) is 23.9 Å². The fraction of sp³-hybridized carbons (Fsp3) is 0.526. The number of hydrogen-bond donors (Lipinski definition) is 1. The topological polar surface area (TPSA) is 66.5 Å². The molecule has 0 bridgehead atoms. The fourth-order valence-electron chi connectivity index (χ4n) is 3.47. The summed E-state index contributed by atoms with van der Waals surface area (Å²) >= 11 is 1.15. The third kappa shape index (κ3) is 4.84. The Morgan fingerprint density at radius 2 is 1.85 bits per heavy atom. The molecule has 1 unspecified atom stereocenters. The Balaban J connectivity index is 1.71. The van der Waals surface area contributed by atoms with Crippen LogP contribution in [0.25, 0.3) is 0 Å². The first-order chi connectivity index (χ1) is 12.5. The van der Waals surface area contributed by atoms with E-state index in [1.54, 1.807) is 0 Å². The lowest BCUT2D eigenvalue weighted by molar-refractivity contribution is -0.126. The first-order valence-corrected chi connectivity index (χ1v) is 10.0. The number of halogens is 1. The molecule has 5 nitrogen and oxygen atoms in total. The van der Waals surface area contributed by atoms with E-state index in [0.29, 0.717) is 11.4 Å². The Bertz CT molecular complexity index is 674. The number of carbonyl (C=O) groups excluding carboxylic acids is 3. The molecule has 3 rings (SSSR count). The molecule has 1 atom stereocenters. The van der Waals surface area contributed by atoms with E-state index in [4.69, 9.17) is 0 Å². The number of benzene rings is 1. The van der Waals surface area contributed by atoms with Gasteiger partial charge in [0.15, 0.2) is 5.12 Å². The molecule has 140 valence electrons. The van der Waals surface area contributed by atoms with Crippen molar-refractivity contribution in [2.45, 2.75) is 44.6 Å². The summed E-state index contributed by atoms with van der Waals surface area (Å²) in [4.78, 5) is 38.3. The van der Waals surface area contributed by atoms with Crippen LogP contribution in [0.2, 0.25) is 0 Å². The third-order valence-electron chi connectivity index (χ3n) is 4.88. The monoisotopic (exact) mass is 378 g/mol. The number of nitrogens with zero attached hydrogens (tertiary/aromatic N) is 1. The SMILES string of the molecule is O=C(CN(C(=O)C1CSC(=O)C1)c1ccc(F)cc1)NC1CCCCC1. The molecule has 1 heterocycles. The van der Waals surface area contributed by atoms with Gasteiger partial charge in [0.25, 0.3) is 0 Å². The van der Waals surface area contributed by atoms with Gasteiger partial charge in [-0.05, 0) is 37.1 Å². The number of anilines is 1. The largest absolute Gasteiger partial charge is 0.352 e. The summed E-state index contributed by atoms with van der Waals surface area (Å²) in [6, 6.07) is 5.67. The zero-order valence-corrected chi connectivity index (χ0v) is 15.4. The predicted molar refractivity (Wildman–Crippen MR) is 99.3 cm³/mol. The van der Waals surface area contributed by atoms with Crippen molar-refractivity contribution in [2.24, 2.45) is 5.92 Å². The van der Waals surface area contributed by atoms with Crippen LogP contribution < -0.4 is 10.2 Å². The van der Waals surface area contributed by atoms with Gasteiger partial charge in [0.2, 0.25) is 11.8 Å². The second kappa shape index (κ2) is 8.66. The van der Waals surface area contributed by atoms with Gasteiger partial charge in [-0.15, -0.1) is 0 Å². The van der Waals surface area contributed by atoms with Crippen molar-refractivity contribution in [1.82, 2.24) is 5.32 Å². The highest BCUT2D eigenvalue weighted by Gasteiger charge is 2.34. The van der Waals surface area contributed by atoms with E-state index in [9.17, 15) is 18.8 Å². The molecule has 2 fully saturated rings. The maximum absolute atomic E-state index is 13.2. The molecule has 1 aliphatic heterocycles. The van der Waals surface area contributed by atoms with Gasteiger partial charge >= 0.3 is 0 Å². The lowest BCUT2D eigenvalue weighted by Crippen LogP contribution is -2.46. The summed E-state index contributed by atoms with van der Waals surface area (Å²) in [5.41, 5.74) is 0.472. The molecule has 2 amide bonds. The summed E-state index contributed by atoms with van der Waals surface area (Å²) < 4.78 is 13.2. The van der Waals surface area contributed by atoms with E-state index >= 15 is 0 Å². The van der Waals surface area contributed by atoms with Gasteiger partial charge in [0.05, 0.1) is 5.92 Å². The van der Waals surface area contributed by atoms with Crippen molar-refractivity contribution >= 4 is 34.4 Å². The van der Waals surface area contributed by atoms with Crippen LogP contribution >= 0.6 is 11.8 Å². The minimum atomic E-state index is -0.431. The van der Waals surface area contributed by atoms with E-state index in [0.717, 1.165) is 37.4 Å². The molecule has 7 heteroatoms. The molecular formula is C19H23FN2O3S. The maximum atomic E-state index is 13.2. The van der Waals surface area contributed by atoms with Gasteiger partial charge in [-0.25, -0.2) is 4.39 Å². The fourth-order valence-corrected chi connectivity index (χ4v) is 4.44. The molecule has 1 aliphatic carbocycles. The Morgan fingerprint density at radius 1 is 1.15 bits per heavy atom. The van der Waals surface area contributed by atoms with Crippen molar-refractivity contribution in [2.75, 3.05) is 17.2 Å². The van der Waals surface area contributed by atoms with Crippen molar-refractivity contribution < 1.29 is 18.8 Å². The number of hydrogen-bond acceptors (Lipinski definition) is 4. The first kappa shape index (κ1) is 18.9. The Labute approximate surface area is 156 Å². The molecule has 1 aromatic rings. The highest BCUT2D eigenvalue weighted by Crippen LogP contribution is 2.29. The number of nitrogens with one attached hydrogen (secondary N) is 1. The van der Waals surface area contributed by atoms with Gasteiger partial charge in [0.1, 0.15) is 12.4 Å². The Morgan fingerprint density at radius 3 is 2.46 bits per heavy atom. The lowest BCUT2D eigenvalue weighted by Gasteiger charge is -2.27. The Hall–Kier alpha value is -1.89. The molecule has 1 saturated carbocycles. The zero-order valence-electron chi connectivity index (χ0n) is 14.6. The standard InChI is InChI=1S/C19H23FN2O3S/c20-14-6-8-16(9-7-14)22(19(25)13-10-18(24)26-12-13)11-17(23)21-15-4-2-1-3-5-15/h6-9,13,15H,1-5,10-12H2,(H,21,23). The van der Waals surface area contributed by atoms with E-state index in [-0.39, 0.29) is 35.9 Å². The number of carbonyl (C=O) groups is 3. The van der Waals surface area contributed by atoms with Crippen LogP contribution in [-0.2, 0) is 14.4 Å². The van der Waals surface area contributed by atoms with Crippen molar-refractivity contribution in [3.05, 3.63) is 30.1 Å². The molecule has 2 aliphatic rings. The molecule has 1 saturated heterocycles. The smallest absolute Gasteiger partial charge is 0.240 e. The normalized spacial score (nSPS) is 20.8. The van der Waals surface area contributed by atoms with Crippen LogP contribution in [0.1, 0.15) is 38.5 Å². The molecule has 0 spiro atoms. The van der Waals surface area contributed by atoms with Crippen LogP contribution in [-0.4, -0.2) is 35.3 Å². The summed E-state index contributed by atoms with van der Waals surface area (Å²) in [7, 11) is 0. The quantitative estimate of drug-likeness (QED) is 0.856. The molecule has 0 aromatic heterocycles. The summed E-state index contributed by atoms with van der Waals surface area (Å²) in [6.45, 7) is -0.115. The zero-order chi connectivity index (χ0) is 18.5. The summed E-state index contributed by atoms with van der Waals surface area (Å²) in [5.74, 6) is -0.876. The van der Waals surface area contributed by atoms with Crippen molar-refractivity contribution in [3.63, 3.8) is 0 Å². The highest BCUT2D eigenvalue weighted by atomic mass is 32.2. The van der Waals surface area contributed by atoms with E-state index in [1.807, 2.05) is 0 Å². The first-order valence-electron chi connectivity index (χ1n) is 9.05. The molecular weight excluding hydrogens is 355 g/mol. The number of amides is 2. The second-order valence-corrected chi connectivity index (χ2v) is 7.96. The highest BCUT2D eigenvalue weighted by molar-refractivity contribution is 8.14. The molecule has 1 N–H and O–H groups in total. The minimum absolute atomic E-state index is 0.00550. The second-order valence-electron chi connectivity index (χ2n) is 6.89. The van der Waals surface area contributed by atoms with Crippen LogP contribution in [0.15, 0.2) is 24.3 Å². The average Bonchev–Trinajstić information content (AvgIpc) is 3.07. The summed E-state index contributed by atoms with van der Waals surface area (Å²) in [5, 5.41) is 3.00. The van der Waals surface area contributed by atoms with E-state index in [1.165, 1.54) is 35.6 Å². The van der Waals surface area contributed by atoms with Gasteiger partial charge in [-0.2, -0.15) is 0 Å². The molecule has 1 aromatic carbocycles. The Kier molecular flexibility index (Phi) is 6.29. The van der Waals surface area contributed by atoms with Crippen LogP contribution in [0.5, 0.6) is 0 Å². The van der Waals surface area contributed by atoms with E-state index < -0.39 is 11.7 Å². The minimum Gasteiger partial charge on any atom is -0.352 e. The summed E-state index contributed by atoms with van der Waals surface area (Å²) in [6.07, 6.45) is 5.51. The van der Waals surface area contributed by atoms with Gasteiger partial charge in [-0.1, -0.05) is 31.0 Å².